The van der Waals surface area contributed by atoms with Crippen LogP contribution in [0.3, 0.4) is 0 Å². The van der Waals surface area contributed by atoms with Gasteiger partial charge in [-0.15, -0.1) is 0 Å². The van der Waals surface area contributed by atoms with Gasteiger partial charge in [0.15, 0.2) is 0 Å². The van der Waals surface area contributed by atoms with Crippen molar-refractivity contribution in [2.45, 2.75) is 58.8 Å². The van der Waals surface area contributed by atoms with Gasteiger partial charge in [0.05, 0.1) is 13.2 Å². The zero-order valence-corrected chi connectivity index (χ0v) is 16.2. The number of nitrogens with zero attached hydrogens (tertiary/aromatic N) is 2. The lowest BCUT2D eigenvalue weighted by Crippen LogP contribution is -2.41. The van der Waals surface area contributed by atoms with Gasteiger partial charge in [0.1, 0.15) is 13.1 Å². The molecule has 0 aliphatic heterocycles. The number of unbranched alkanes of at least 4 members (excludes halogenated alkanes) is 5. The number of ether oxygens (including phenoxy) is 2. The number of hydrogen-bond acceptors (Lipinski definition) is 5. The van der Waals surface area contributed by atoms with Crippen LogP contribution in [0.15, 0.2) is 0 Å². The second-order valence-corrected chi connectivity index (χ2v) is 6.21. The highest BCUT2D eigenvalue weighted by Crippen LogP contribution is 2.02. The van der Waals surface area contributed by atoms with E-state index in [-0.39, 0.29) is 19.0 Å². The molecule has 0 atom stereocenters. The van der Waals surface area contributed by atoms with Crippen molar-refractivity contribution in [3.63, 3.8) is 0 Å². The topological polar surface area (TPSA) is 76.2 Å². The second kappa shape index (κ2) is 14.5. The molecule has 7 heteroatoms. The zero-order valence-electron chi connectivity index (χ0n) is 16.2. The lowest BCUT2D eigenvalue weighted by molar-refractivity contribution is -0.148. The molecule has 7 nitrogen and oxygen atoms in total. The van der Waals surface area contributed by atoms with Crippen molar-refractivity contribution in [2.75, 3.05) is 40.4 Å². The Kier molecular flexibility index (Phi) is 13.5. The summed E-state index contributed by atoms with van der Waals surface area (Å²) < 4.78 is 10.1. The lowest BCUT2D eigenvalue weighted by atomic mass is 10.2. The van der Waals surface area contributed by atoms with Crippen LogP contribution in [0.25, 0.3) is 0 Å². The van der Waals surface area contributed by atoms with Gasteiger partial charge in [0, 0.05) is 14.1 Å². The third kappa shape index (κ3) is 12.3. The third-order valence-electron chi connectivity index (χ3n) is 3.71. The normalized spacial score (nSPS) is 10.2. The molecule has 2 amide bonds. The van der Waals surface area contributed by atoms with Gasteiger partial charge in [0.25, 0.3) is 0 Å². The molecule has 0 radical (unpaired) electrons. The van der Waals surface area contributed by atoms with Crippen LogP contribution in [-0.2, 0) is 19.1 Å². The molecule has 0 heterocycles. The number of esters is 1. The van der Waals surface area contributed by atoms with Gasteiger partial charge in [-0.25, -0.2) is 4.79 Å². The van der Waals surface area contributed by atoms with E-state index in [0.717, 1.165) is 32.1 Å². The summed E-state index contributed by atoms with van der Waals surface area (Å²) in [6, 6.07) is 0. The van der Waals surface area contributed by atoms with Gasteiger partial charge in [-0.3, -0.25) is 9.59 Å². The highest BCUT2D eigenvalue weighted by atomic mass is 16.6. The average molecular weight is 358 g/mol. The van der Waals surface area contributed by atoms with E-state index in [0.29, 0.717) is 13.2 Å². The third-order valence-corrected chi connectivity index (χ3v) is 3.71. The standard InChI is InChI=1S/C18H34N2O5/c1-5-7-9-10-11-13-24-17(22)15-19(3)16(21)14-20(4)18(23)25-12-8-6-2/h5-15H2,1-4H3. The fourth-order valence-electron chi connectivity index (χ4n) is 2.02. The second-order valence-electron chi connectivity index (χ2n) is 6.21. The molecule has 0 aliphatic carbocycles. The van der Waals surface area contributed by atoms with E-state index in [1.54, 1.807) is 0 Å². The van der Waals surface area contributed by atoms with Crippen molar-refractivity contribution < 1.29 is 23.9 Å². The summed E-state index contributed by atoms with van der Waals surface area (Å²) in [5.41, 5.74) is 0. The maximum atomic E-state index is 12.0. The van der Waals surface area contributed by atoms with Crippen molar-refractivity contribution in [1.82, 2.24) is 9.80 Å². The number of carbonyl (C=O) groups excluding carboxylic acids is 3. The van der Waals surface area contributed by atoms with E-state index in [9.17, 15) is 14.4 Å². The van der Waals surface area contributed by atoms with E-state index in [4.69, 9.17) is 9.47 Å². The summed E-state index contributed by atoms with van der Waals surface area (Å²) in [5.74, 6) is -0.769. The van der Waals surface area contributed by atoms with E-state index >= 15 is 0 Å². The first kappa shape index (κ1) is 23.2. The predicted molar refractivity (Wildman–Crippen MR) is 96.2 cm³/mol. The minimum atomic E-state index is -0.537. The Bertz CT molecular complexity index is 401. The van der Waals surface area contributed by atoms with Crippen molar-refractivity contribution in [3.8, 4) is 0 Å². The molecule has 0 bridgehead atoms. The SMILES string of the molecule is CCCCCCCOC(=O)CN(C)C(=O)CN(C)C(=O)OCCCC. The Balaban J connectivity index is 3.95. The molecule has 0 fully saturated rings. The highest BCUT2D eigenvalue weighted by molar-refractivity contribution is 5.85. The average Bonchev–Trinajstić information content (AvgIpc) is 2.57. The number of carbonyl (C=O) groups is 3. The van der Waals surface area contributed by atoms with Crippen LogP contribution in [0.5, 0.6) is 0 Å². The summed E-state index contributed by atoms with van der Waals surface area (Å²) in [7, 11) is 3.01. The van der Waals surface area contributed by atoms with E-state index < -0.39 is 12.1 Å². The van der Waals surface area contributed by atoms with E-state index in [2.05, 4.69) is 6.92 Å². The smallest absolute Gasteiger partial charge is 0.409 e. The lowest BCUT2D eigenvalue weighted by Gasteiger charge is -2.21. The van der Waals surface area contributed by atoms with Crippen LogP contribution in [0.1, 0.15) is 58.8 Å². The van der Waals surface area contributed by atoms with E-state index in [1.807, 2.05) is 6.92 Å². The molecule has 0 unspecified atom stereocenters. The van der Waals surface area contributed by atoms with Gasteiger partial charge in [-0.2, -0.15) is 0 Å². The largest absolute Gasteiger partial charge is 0.464 e. The van der Waals surface area contributed by atoms with Crippen LogP contribution >= 0.6 is 0 Å². The molecule has 0 saturated heterocycles. The number of rotatable bonds is 13. The molecule has 0 aromatic rings. The van der Waals surface area contributed by atoms with Crippen LogP contribution in [0.2, 0.25) is 0 Å². The minimum Gasteiger partial charge on any atom is -0.464 e. The van der Waals surface area contributed by atoms with Gasteiger partial charge >= 0.3 is 12.1 Å². The molecule has 0 rings (SSSR count). The minimum absolute atomic E-state index is 0.119. The van der Waals surface area contributed by atoms with Gasteiger partial charge in [0.2, 0.25) is 5.91 Å². The van der Waals surface area contributed by atoms with Crippen LogP contribution in [-0.4, -0.2) is 68.2 Å². The molecule has 0 aromatic carbocycles. The number of hydrogen-bond donors (Lipinski definition) is 0. The van der Waals surface area contributed by atoms with Crippen LogP contribution in [0.4, 0.5) is 4.79 Å². The monoisotopic (exact) mass is 358 g/mol. The Labute approximate surface area is 151 Å². The van der Waals surface area contributed by atoms with Gasteiger partial charge in [-0.05, 0) is 12.8 Å². The van der Waals surface area contributed by atoms with Crippen molar-refractivity contribution in [2.24, 2.45) is 0 Å². The molecule has 0 aliphatic rings. The highest BCUT2D eigenvalue weighted by Gasteiger charge is 2.19. The summed E-state index contributed by atoms with van der Waals surface area (Å²) in [5, 5.41) is 0. The maximum absolute atomic E-state index is 12.0. The first-order valence-electron chi connectivity index (χ1n) is 9.19. The Morgan fingerprint density at radius 3 is 1.96 bits per heavy atom. The van der Waals surface area contributed by atoms with Crippen molar-refractivity contribution in [3.05, 3.63) is 0 Å². The molecule has 0 spiro atoms. The molecular formula is C18H34N2O5. The fraction of sp³-hybridized carbons (Fsp3) is 0.833. The summed E-state index contributed by atoms with van der Waals surface area (Å²) in [6.45, 7) is 4.62. The molecule has 25 heavy (non-hydrogen) atoms. The Morgan fingerprint density at radius 2 is 1.32 bits per heavy atom. The molecular weight excluding hydrogens is 324 g/mol. The van der Waals surface area contributed by atoms with Crippen molar-refractivity contribution >= 4 is 18.0 Å². The summed E-state index contributed by atoms with van der Waals surface area (Å²) >= 11 is 0. The van der Waals surface area contributed by atoms with Gasteiger partial charge < -0.3 is 19.3 Å². The number of amides is 2. The Morgan fingerprint density at radius 1 is 0.720 bits per heavy atom. The molecule has 0 aromatic heterocycles. The first-order valence-corrected chi connectivity index (χ1v) is 9.19. The quantitative estimate of drug-likeness (QED) is 0.374. The molecule has 146 valence electrons. The van der Waals surface area contributed by atoms with Gasteiger partial charge in [-0.1, -0.05) is 46.0 Å². The van der Waals surface area contributed by atoms with Crippen LogP contribution in [0, 0.1) is 0 Å². The summed E-state index contributed by atoms with van der Waals surface area (Å²) in [6.07, 6.45) is 6.58. The summed E-state index contributed by atoms with van der Waals surface area (Å²) in [4.78, 5) is 37.9. The number of likely N-dealkylation sites (N-methyl/N-ethyl adjacent to an activating group) is 2. The van der Waals surface area contributed by atoms with Crippen LogP contribution < -0.4 is 0 Å². The maximum Gasteiger partial charge on any atom is 0.409 e. The predicted octanol–water partition coefficient (Wildman–Crippen LogP) is 2.83. The van der Waals surface area contributed by atoms with Crippen molar-refractivity contribution in [1.29, 1.82) is 0 Å². The van der Waals surface area contributed by atoms with E-state index in [1.165, 1.54) is 36.7 Å². The Hall–Kier alpha value is -1.79. The molecule has 0 saturated carbocycles. The first-order chi connectivity index (χ1) is 11.9. The fourth-order valence-corrected chi connectivity index (χ4v) is 2.02. The molecule has 0 N–H and O–H groups in total. The zero-order chi connectivity index (χ0) is 19.1.